The summed E-state index contributed by atoms with van der Waals surface area (Å²) in [5.41, 5.74) is 1.59. The van der Waals surface area contributed by atoms with Crippen molar-refractivity contribution in [1.29, 1.82) is 0 Å². The maximum Gasteiger partial charge on any atom is 0.163 e. The molecular formula is C24H34O4. The number of Topliss-reactive ketones (excluding diaryl/α,β-unsaturated/α-hetero) is 2. The molecular weight excluding hydrogens is 352 g/mol. The Morgan fingerprint density at radius 1 is 1.11 bits per heavy atom. The highest BCUT2D eigenvalue weighted by Gasteiger charge is 2.55. The van der Waals surface area contributed by atoms with Gasteiger partial charge in [-0.15, -0.1) is 0 Å². The second-order valence-electron chi connectivity index (χ2n) is 9.43. The van der Waals surface area contributed by atoms with E-state index in [1.54, 1.807) is 12.1 Å². The number of rotatable bonds is 2. The van der Waals surface area contributed by atoms with Crippen LogP contribution in [0, 0.1) is 17.3 Å². The molecule has 0 aliphatic heterocycles. The lowest BCUT2D eigenvalue weighted by molar-refractivity contribution is -0.129. The molecule has 4 heteroatoms. The third-order valence-electron chi connectivity index (χ3n) is 6.85. The lowest BCUT2D eigenvalue weighted by Crippen LogP contribution is -2.43. The lowest BCUT2D eigenvalue weighted by Gasteiger charge is -2.47. The van der Waals surface area contributed by atoms with Gasteiger partial charge >= 0.3 is 0 Å². The second-order valence-corrected chi connectivity index (χ2v) is 9.43. The van der Waals surface area contributed by atoms with Crippen molar-refractivity contribution in [3.05, 3.63) is 29.3 Å². The highest BCUT2D eigenvalue weighted by Crippen LogP contribution is 2.59. The number of ether oxygens (including phenoxy) is 1. The average molecular weight is 387 g/mol. The summed E-state index contributed by atoms with van der Waals surface area (Å²) in [6, 6.07) is 5.21. The molecule has 0 saturated heterocycles. The SMILES string of the molecule is CC(C)OC(C)C.C[C@]12CC[C@@H]3c4ccc(O)cc4C(=O)C[C@H]3[C@@H]1CCC2=O. The molecule has 0 spiro atoms. The molecule has 0 aromatic heterocycles. The Hall–Kier alpha value is -1.68. The van der Waals surface area contributed by atoms with Gasteiger partial charge in [0, 0.05) is 23.8 Å². The number of hydrogen-bond donors (Lipinski definition) is 1. The van der Waals surface area contributed by atoms with Crippen molar-refractivity contribution in [3.63, 3.8) is 0 Å². The van der Waals surface area contributed by atoms with E-state index in [9.17, 15) is 14.7 Å². The average Bonchev–Trinajstić information content (AvgIpc) is 2.90. The number of ketones is 2. The third-order valence-corrected chi connectivity index (χ3v) is 6.85. The number of fused-ring (bicyclic) bond motifs is 5. The lowest BCUT2D eigenvalue weighted by atomic mass is 9.55. The number of carbonyl (C=O) groups is 2. The molecule has 0 heterocycles. The molecule has 0 unspecified atom stereocenters. The van der Waals surface area contributed by atoms with E-state index in [4.69, 9.17) is 4.74 Å². The molecule has 4 atom stereocenters. The van der Waals surface area contributed by atoms with Crippen LogP contribution in [0.15, 0.2) is 18.2 Å². The fourth-order valence-corrected chi connectivity index (χ4v) is 5.71. The Kier molecular flexibility index (Phi) is 6.00. The van der Waals surface area contributed by atoms with Crippen molar-refractivity contribution in [2.75, 3.05) is 0 Å². The van der Waals surface area contributed by atoms with E-state index in [1.807, 2.05) is 33.8 Å². The van der Waals surface area contributed by atoms with Crippen LogP contribution in [0.1, 0.15) is 88.6 Å². The molecule has 154 valence electrons. The summed E-state index contributed by atoms with van der Waals surface area (Å²) >= 11 is 0. The monoisotopic (exact) mass is 386 g/mol. The number of phenols is 1. The standard InChI is InChI=1S/C18H20O3.C6H14O/c1-18-7-6-12-11-3-2-10(19)8-14(11)16(20)9-13(12)15(18)4-5-17(18)21;1-5(2)7-6(3)4/h2-3,8,12-13,15,19H,4-7,9H2,1H3;5-6H,1-4H3/t12-,13-,15+,18+;/m1./s1. The minimum atomic E-state index is -0.199. The van der Waals surface area contributed by atoms with Gasteiger partial charge < -0.3 is 9.84 Å². The molecule has 1 N–H and O–H groups in total. The summed E-state index contributed by atoms with van der Waals surface area (Å²) in [6.45, 7) is 10.3. The van der Waals surface area contributed by atoms with E-state index in [2.05, 4.69) is 6.92 Å². The van der Waals surface area contributed by atoms with Crippen molar-refractivity contribution in [2.45, 2.75) is 84.8 Å². The second kappa shape index (κ2) is 7.98. The Morgan fingerprint density at radius 2 is 1.79 bits per heavy atom. The van der Waals surface area contributed by atoms with E-state index >= 15 is 0 Å². The predicted molar refractivity (Wildman–Crippen MR) is 110 cm³/mol. The summed E-state index contributed by atoms with van der Waals surface area (Å²) in [4.78, 5) is 24.7. The van der Waals surface area contributed by atoms with Crippen LogP contribution in [0.5, 0.6) is 5.75 Å². The normalized spacial score (nSPS) is 31.2. The first-order valence-corrected chi connectivity index (χ1v) is 10.7. The first-order chi connectivity index (χ1) is 13.1. The van der Waals surface area contributed by atoms with Gasteiger partial charge in [-0.3, -0.25) is 9.59 Å². The quantitative estimate of drug-likeness (QED) is 0.751. The van der Waals surface area contributed by atoms with Crippen molar-refractivity contribution >= 4 is 11.6 Å². The zero-order chi connectivity index (χ0) is 20.6. The summed E-state index contributed by atoms with van der Waals surface area (Å²) in [5, 5.41) is 9.63. The van der Waals surface area contributed by atoms with Crippen LogP contribution < -0.4 is 0 Å². The molecule has 0 radical (unpaired) electrons. The van der Waals surface area contributed by atoms with E-state index < -0.39 is 0 Å². The Morgan fingerprint density at radius 3 is 2.39 bits per heavy atom. The molecule has 3 aliphatic rings. The molecule has 28 heavy (non-hydrogen) atoms. The molecule has 4 nitrogen and oxygen atoms in total. The Labute approximate surface area is 168 Å². The summed E-state index contributed by atoms with van der Waals surface area (Å²) in [7, 11) is 0. The summed E-state index contributed by atoms with van der Waals surface area (Å²) < 4.78 is 5.25. The first kappa shape index (κ1) is 21.0. The molecule has 3 aliphatic carbocycles. The minimum Gasteiger partial charge on any atom is -0.508 e. The molecule has 2 saturated carbocycles. The maximum atomic E-state index is 12.5. The van der Waals surface area contributed by atoms with Gasteiger partial charge in [-0.25, -0.2) is 0 Å². The van der Waals surface area contributed by atoms with Gasteiger partial charge in [-0.05, 0) is 82.4 Å². The van der Waals surface area contributed by atoms with Crippen molar-refractivity contribution in [3.8, 4) is 5.75 Å². The van der Waals surface area contributed by atoms with Crippen LogP contribution in [0.4, 0.5) is 0 Å². The smallest absolute Gasteiger partial charge is 0.163 e. The summed E-state index contributed by atoms with van der Waals surface area (Å²) in [5.74, 6) is 1.73. The molecule has 0 bridgehead atoms. The van der Waals surface area contributed by atoms with Crippen LogP contribution >= 0.6 is 0 Å². The van der Waals surface area contributed by atoms with Crippen LogP contribution in [0.2, 0.25) is 0 Å². The highest BCUT2D eigenvalue weighted by molar-refractivity contribution is 5.99. The Bertz CT molecular complexity index is 745. The molecule has 4 rings (SSSR count). The van der Waals surface area contributed by atoms with Gasteiger partial charge in [0.15, 0.2) is 5.78 Å². The van der Waals surface area contributed by atoms with Crippen molar-refractivity contribution in [2.24, 2.45) is 17.3 Å². The maximum absolute atomic E-state index is 12.5. The third kappa shape index (κ3) is 3.89. The topological polar surface area (TPSA) is 63.6 Å². The molecule has 1 aromatic carbocycles. The van der Waals surface area contributed by atoms with E-state index in [-0.39, 0.29) is 16.9 Å². The van der Waals surface area contributed by atoms with Gasteiger partial charge in [0.05, 0.1) is 12.2 Å². The number of carbonyl (C=O) groups excluding carboxylic acids is 2. The number of phenolic OH excluding ortho intramolecular Hbond substituents is 1. The molecule has 2 fully saturated rings. The first-order valence-electron chi connectivity index (χ1n) is 10.7. The van der Waals surface area contributed by atoms with E-state index in [0.29, 0.717) is 54.1 Å². The molecule has 1 aromatic rings. The van der Waals surface area contributed by atoms with Gasteiger partial charge in [0.2, 0.25) is 0 Å². The van der Waals surface area contributed by atoms with Gasteiger partial charge in [0.25, 0.3) is 0 Å². The van der Waals surface area contributed by atoms with E-state index in [0.717, 1.165) is 24.8 Å². The van der Waals surface area contributed by atoms with Crippen molar-refractivity contribution < 1.29 is 19.4 Å². The van der Waals surface area contributed by atoms with Crippen LogP contribution in [-0.2, 0) is 9.53 Å². The zero-order valence-corrected chi connectivity index (χ0v) is 17.8. The van der Waals surface area contributed by atoms with Gasteiger partial charge in [-0.1, -0.05) is 13.0 Å². The Balaban J connectivity index is 0.000000279. The summed E-state index contributed by atoms with van der Waals surface area (Å²) in [6.07, 6.45) is 4.83. The minimum absolute atomic E-state index is 0.130. The van der Waals surface area contributed by atoms with Crippen molar-refractivity contribution in [1.82, 2.24) is 0 Å². The van der Waals surface area contributed by atoms with Crippen LogP contribution in [0.3, 0.4) is 0 Å². The number of aromatic hydroxyl groups is 1. The van der Waals surface area contributed by atoms with Gasteiger partial charge in [-0.2, -0.15) is 0 Å². The largest absolute Gasteiger partial charge is 0.508 e. The number of benzene rings is 1. The molecule has 0 amide bonds. The predicted octanol–water partition coefficient (Wildman–Crippen LogP) is 5.28. The van der Waals surface area contributed by atoms with E-state index in [1.165, 1.54) is 0 Å². The van der Waals surface area contributed by atoms with Crippen LogP contribution in [0.25, 0.3) is 0 Å². The fourth-order valence-electron chi connectivity index (χ4n) is 5.71. The fraction of sp³-hybridized carbons (Fsp3) is 0.667. The highest BCUT2D eigenvalue weighted by atomic mass is 16.5. The zero-order valence-electron chi connectivity index (χ0n) is 17.8. The van der Waals surface area contributed by atoms with Gasteiger partial charge in [0.1, 0.15) is 11.5 Å². The van der Waals surface area contributed by atoms with Crippen LogP contribution in [-0.4, -0.2) is 28.9 Å². The number of hydrogen-bond acceptors (Lipinski definition) is 4.